The lowest BCUT2D eigenvalue weighted by atomic mass is 10.1. The maximum Gasteiger partial charge on any atom is 0.472 e. The van der Waals surface area contributed by atoms with E-state index in [2.05, 4.69) is 161 Å². The van der Waals surface area contributed by atoms with Crippen LogP contribution < -0.4 is 0 Å². The monoisotopic (exact) mass is 1440 g/mol. The van der Waals surface area contributed by atoms with E-state index in [0.717, 1.165) is 193 Å². The van der Waals surface area contributed by atoms with Gasteiger partial charge in [-0.25, -0.2) is 9.13 Å². The summed E-state index contributed by atoms with van der Waals surface area (Å²) in [5, 5.41) is 10.6. The fourth-order valence-corrected chi connectivity index (χ4v) is 11.3. The van der Waals surface area contributed by atoms with Gasteiger partial charge in [-0.15, -0.1) is 0 Å². The molecule has 572 valence electrons. The van der Waals surface area contributed by atoms with Crippen molar-refractivity contribution in [2.45, 2.75) is 316 Å². The first kappa shape index (κ1) is 95.2. The molecule has 0 aliphatic carbocycles. The second-order valence-corrected chi connectivity index (χ2v) is 28.1. The molecule has 0 bridgehead atoms. The minimum absolute atomic E-state index is 0.0694. The van der Waals surface area contributed by atoms with Gasteiger partial charge in [-0.05, 0) is 154 Å². The standard InChI is InChI=1S/C81H136O17P2/c1-5-9-13-17-21-25-29-33-35-37-39-43-45-49-53-57-61-65-78(83)91-71-76(97-80(85)67-63-59-55-51-47-41-31-27-23-19-15-11-7-3)73-95-99(87,88)93-69-75(82)70-94-100(89,90)96-74-77(98-81(86)68-64-60-56-52-48-42-32-28-24-20-16-12-8-4)72-92-79(84)66-62-58-54-50-46-44-40-38-36-34-30-26-22-18-14-10-6-2/h9-10,13-15,19,21-22,25-28,31-36,39-40,43-44,75-77,82H,5-8,11-12,16-18,20,23-24,29-30,37-38,41-42,45-74H2,1-4H3,(H,87,88)(H,89,90)/b13-9-,14-10-,19-15-,25-21-,26-22-,31-27-,32-28-,35-33-,36-34-,43-39-,44-40-. The summed E-state index contributed by atoms with van der Waals surface area (Å²) in [7, 11) is -9.97. The van der Waals surface area contributed by atoms with Gasteiger partial charge in [0.05, 0.1) is 26.4 Å². The van der Waals surface area contributed by atoms with Crippen LogP contribution in [0.1, 0.15) is 297 Å². The summed E-state index contributed by atoms with van der Waals surface area (Å²) in [5.41, 5.74) is 0. The van der Waals surface area contributed by atoms with Crippen molar-refractivity contribution in [1.82, 2.24) is 0 Å². The summed E-state index contributed by atoms with van der Waals surface area (Å²) in [6.45, 7) is 4.48. The van der Waals surface area contributed by atoms with Gasteiger partial charge in [0.15, 0.2) is 12.2 Å². The van der Waals surface area contributed by atoms with Crippen LogP contribution in [0.4, 0.5) is 0 Å². The molecule has 0 radical (unpaired) electrons. The maximum absolute atomic E-state index is 13.1. The van der Waals surface area contributed by atoms with Gasteiger partial charge in [0.2, 0.25) is 0 Å². The van der Waals surface area contributed by atoms with Crippen LogP contribution in [-0.2, 0) is 65.4 Å². The molecule has 0 aliphatic rings. The predicted molar refractivity (Wildman–Crippen MR) is 408 cm³/mol. The average Bonchev–Trinajstić information content (AvgIpc) is 0.943. The zero-order valence-electron chi connectivity index (χ0n) is 62.3. The van der Waals surface area contributed by atoms with E-state index in [1.165, 1.54) is 25.7 Å². The third-order valence-corrected chi connectivity index (χ3v) is 17.5. The smallest absolute Gasteiger partial charge is 0.462 e. The van der Waals surface area contributed by atoms with Crippen molar-refractivity contribution < 1.29 is 80.2 Å². The number of phosphoric ester groups is 2. The van der Waals surface area contributed by atoms with Crippen LogP contribution in [-0.4, -0.2) is 96.7 Å². The molecule has 0 aromatic rings. The molecule has 0 saturated carbocycles. The Bertz CT molecular complexity index is 2420. The number of allylic oxidation sites excluding steroid dienone is 22. The summed E-state index contributed by atoms with van der Waals surface area (Å²) < 4.78 is 68.4. The Kier molecular flexibility index (Phi) is 69.1. The van der Waals surface area contributed by atoms with Gasteiger partial charge < -0.3 is 33.8 Å². The van der Waals surface area contributed by atoms with E-state index < -0.39 is 97.5 Å². The quantitative estimate of drug-likeness (QED) is 0.0169. The molecule has 3 N–H and O–H groups in total. The van der Waals surface area contributed by atoms with Crippen LogP contribution in [0.25, 0.3) is 0 Å². The molecule has 5 atom stereocenters. The molecular weight excluding hydrogens is 1310 g/mol. The normalized spacial score (nSPS) is 14.7. The first-order valence-corrected chi connectivity index (χ1v) is 41.4. The van der Waals surface area contributed by atoms with Crippen molar-refractivity contribution in [3.8, 4) is 0 Å². The topological polar surface area (TPSA) is 237 Å². The van der Waals surface area contributed by atoms with E-state index in [1.54, 1.807) is 0 Å². The van der Waals surface area contributed by atoms with E-state index in [0.29, 0.717) is 25.7 Å². The number of unbranched alkanes of at least 4 members (excludes halogenated alkanes) is 23. The van der Waals surface area contributed by atoms with Crippen molar-refractivity contribution in [3.63, 3.8) is 0 Å². The Hall–Kier alpha value is -4.80. The van der Waals surface area contributed by atoms with Crippen LogP contribution in [0.2, 0.25) is 0 Å². The summed E-state index contributed by atoms with van der Waals surface area (Å²) in [5.74, 6) is -2.26. The average molecular weight is 1440 g/mol. The summed E-state index contributed by atoms with van der Waals surface area (Å²) >= 11 is 0. The third-order valence-electron chi connectivity index (χ3n) is 15.6. The highest BCUT2D eigenvalue weighted by atomic mass is 31.2. The van der Waals surface area contributed by atoms with Crippen LogP contribution in [0.15, 0.2) is 134 Å². The zero-order chi connectivity index (χ0) is 73.2. The van der Waals surface area contributed by atoms with Gasteiger partial charge in [-0.2, -0.15) is 0 Å². The molecule has 0 rings (SSSR count). The molecule has 100 heavy (non-hydrogen) atoms. The third kappa shape index (κ3) is 71.6. The van der Waals surface area contributed by atoms with Gasteiger partial charge in [-0.3, -0.25) is 37.3 Å². The van der Waals surface area contributed by atoms with Crippen molar-refractivity contribution in [2.24, 2.45) is 0 Å². The minimum Gasteiger partial charge on any atom is -0.462 e. The highest BCUT2D eigenvalue weighted by molar-refractivity contribution is 7.47. The summed E-state index contributed by atoms with van der Waals surface area (Å²) in [6, 6.07) is 0. The largest absolute Gasteiger partial charge is 0.472 e. The number of carbonyl (C=O) groups is 4. The molecule has 17 nitrogen and oxygen atoms in total. The molecule has 0 amide bonds. The molecule has 0 aromatic carbocycles. The number of carbonyl (C=O) groups excluding carboxylic acids is 4. The van der Waals surface area contributed by atoms with E-state index in [1.807, 2.05) is 0 Å². The predicted octanol–water partition coefficient (Wildman–Crippen LogP) is 22.1. The minimum atomic E-state index is -4.99. The number of ether oxygens (including phenoxy) is 4. The molecule has 0 fully saturated rings. The van der Waals surface area contributed by atoms with Crippen molar-refractivity contribution in [3.05, 3.63) is 134 Å². The number of aliphatic hydroxyl groups is 1. The molecule has 0 heterocycles. The second kappa shape index (κ2) is 72.5. The Morgan fingerprint density at radius 3 is 0.850 bits per heavy atom. The zero-order valence-corrected chi connectivity index (χ0v) is 64.1. The highest BCUT2D eigenvalue weighted by Gasteiger charge is 2.30. The lowest BCUT2D eigenvalue weighted by molar-refractivity contribution is -0.161. The number of hydrogen-bond donors (Lipinski definition) is 3. The first-order valence-electron chi connectivity index (χ1n) is 38.4. The molecule has 19 heteroatoms. The van der Waals surface area contributed by atoms with Gasteiger partial charge in [0.1, 0.15) is 19.3 Å². The van der Waals surface area contributed by atoms with E-state index in [-0.39, 0.29) is 25.7 Å². The van der Waals surface area contributed by atoms with Crippen LogP contribution in [0.5, 0.6) is 0 Å². The summed E-state index contributed by atoms with van der Waals surface area (Å²) in [6.07, 6.45) is 80.1. The van der Waals surface area contributed by atoms with E-state index in [9.17, 15) is 43.2 Å². The number of hydrogen-bond acceptors (Lipinski definition) is 15. The number of phosphoric acid groups is 2. The van der Waals surface area contributed by atoms with Crippen LogP contribution >= 0.6 is 15.6 Å². The van der Waals surface area contributed by atoms with Gasteiger partial charge in [-0.1, -0.05) is 251 Å². The fraction of sp³-hybridized carbons (Fsp3) is 0.679. The highest BCUT2D eigenvalue weighted by Crippen LogP contribution is 2.45. The van der Waals surface area contributed by atoms with Gasteiger partial charge >= 0.3 is 39.5 Å². The van der Waals surface area contributed by atoms with Gasteiger partial charge in [0.25, 0.3) is 0 Å². The lowest BCUT2D eigenvalue weighted by Crippen LogP contribution is -2.30. The first-order chi connectivity index (χ1) is 48.7. The maximum atomic E-state index is 13.1. The molecular formula is C81H136O17P2. The number of esters is 4. The lowest BCUT2D eigenvalue weighted by Gasteiger charge is -2.21. The van der Waals surface area contributed by atoms with Crippen molar-refractivity contribution >= 4 is 39.5 Å². The Balaban J connectivity index is 5.39. The van der Waals surface area contributed by atoms with Gasteiger partial charge in [0, 0.05) is 25.7 Å². The van der Waals surface area contributed by atoms with Crippen LogP contribution in [0, 0.1) is 0 Å². The van der Waals surface area contributed by atoms with E-state index >= 15 is 0 Å². The van der Waals surface area contributed by atoms with Crippen LogP contribution in [0.3, 0.4) is 0 Å². The second-order valence-electron chi connectivity index (χ2n) is 25.2. The fourth-order valence-electron chi connectivity index (χ4n) is 9.76. The number of aliphatic hydroxyl groups excluding tert-OH is 1. The SMILES string of the molecule is CC/C=C\C/C=C\C/C=C\C/C=C\CCCCCCC(=O)OCC(COP(=O)(O)OCC(O)COP(=O)(O)OCC(COC(=O)CCCCCC/C=C\C/C=C\C/C=C\C/C=C\CC)OC(=O)CCCCCCC/C=C\CCCCCC)OC(=O)CCCCCCC/C=C\C/C=C\CCC. The van der Waals surface area contributed by atoms with Crippen molar-refractivity contribution in [2.75, 3.05) is 39.6 Å². The molecule has 0 aromatic heterocycles. The molecule has 0 aliphatic heterocycles. The molecule has 5 unspecified atom stereocenters. The molecule has 0 saturated heterocycles. The summed E-state index contributed by atoms with van der Waals surface area (Å²) in [4.78, 5) is 72.9. The van der Waals surface area contributed by atoms with Crippen molar-refractivity contribution in [1.29, 1.82) is 0 Å². The van der Waals surface area contributed by atoms with E-state index in [4.69, 9.17) is 37.0 Å². The Morgan fingerprint density at radius 1 is 0.290 bits per heavy atom. The molecule has 0 spiro atoms. The Morgan fingerprint density at radius 2 is 0.540 bits per heavy atom. The Labute approximate surface area is 605 Å². The number of rotatable bonds is 71.